The minimum absolute atomic E-state index is 0.0251. The van der Waals surface area contributed by atoms with Crippen molar-refractivity contribution in [2.24, 2.45) is 5.73 Å². The maximum absolute atomic E-state index is 12.7. The van der Waals surface area contributed by atoms with E-state index in [0.29, 0.717) is 13.0 Å². The number of nitrogens with two attached hydrogens (primary N) is 1. The van der Waals surface area contributed by atoms with Gasteiger partial charge in [0.2, 0.25) is 0 Å². The largest absolute Gasteiger partial charge is 0.388 e. The number of benzene rings is 1. The number of urea groups is 1. The predicted molar refractivity (Wildman–Crippen MR) is 81.1 cm³/mol. The number of carbonyl (C=O) groups is 1. The summed E-state index contributed by atoms with van der Waals surface area (Å²) in [5.41, 5.74) is 6.29. The van der Waals surface area contributed by atoms with Crippen molar-refractivity contribution in [2.75, 3.05) is 24.5 Å². The van der Waals surface area contributed by atoms with E-state index in [1.54, 1.807) is 4.90 Å². The number of likely N-dealkylation sites (tertiary alicyclic amines) is 1. The van der Waals surface area contributed by atoms with Gasteiger partial charge in [-0.25, -0.2) is 4.79 Å². The van der Waals surface area contributed by atoms with Crippen LogP contribution in [0.2, 0.25) is 0 Å². The summed E-state index contributed by atoms with van der Waals surface area (Å²) < 4.78 is 0. The average Bonchev–Trinajstić information content (AvgIpc) is 2.49. The number of amides is 2. The van der Waals surface area contributed by atoms with Crippen LogP contribution in [-0.2, 0) is 0 Å². The number of amidine groups is 1. The van der Waals surface area contributed by atoms with E-state index in [4.69, 9.17) is 11.1 Å². The molecule has 0 aliphatic carbocycles. The van der Waals surface area contributed by atoms with E-state index in [1.807, 2.05) is 35.2 Å². The van der Waals surface area contributed by atoms with Crippen molar-refractivity contribution in [1.82, 2.24) is 4.90 Å². The van der Waals surface area contributed by atoms with Crippen molar-refractivity contribution >= 4 is 17.6 Å². The van der Waals surface area contributed by atoms with Crippen molar-refractivity contribution in [3.05, 3.63) is 30.3 Å². The zero-order chi connectivity index (χ0) is 14.4. The second kappa shape index (κ2) is 6.93. The number of hydrogen-bond donors (Lipinski definition) is 2. The number of anilines is 1. The van der Waals surface area contributed by atoms with Crippen LogP contribution in [0.4, 0.5) is 10.5 Å². The van der Waals surface area contributed by atoms with Gasteiger partial charge in [-0.05, 0) is 31.4 Å². The Bertz CT molecular complexity index is 454. The molecule has 0 atom stereocenters. The van der Waals surface area contributed by atoms with E-state index in [0.717, 1.165) is 31.6 Å². The minimum atomic E-state index is 0.0251. The van der Waals surface area contributed by atoms with Gasteiger partial charge in [0.1, 0.15) is 0 Å². The van der Waals surface area contributed by atoms with Crippen LogP contribution in [0.5, 0.6) is 0 Å². The van der Waals surface area contributed by atoms with E-state index in [1.165, 1.54) is 6.42 Å². The van der Waals surface area contributed by atoms with Crippen LogP contribution in [-0.4, -0.2) is 36.4 Å². The lowest BCUT2D eigenvalue weighted by Gasteiger charge is -2.33. The molecule has 0 bridgehead atoms. The summed E-state index contributed by atoms with van der Waals surface area (Å²) in [5, 5.41) is 7.36. The highest BCUT2D eigenvalue weighted by Gasteiger charge is 2.23. The first-order valence-corrected chi connectivity index (χ1v) is 7.13. The normalized spacial score (nSPS) is 14.9. The molecule has 1 heterocycles. The molecule has 3 N–H and O–H groups in total. The SMILES string of the molecule is N=C(N)CCN(C(=O)N1CCCCC1)c1ccccc1. The quantitative estimate of drug-likeness (QED) is 0.653. The van der Waals surface area contributed by atoms with Gasteiger partial charge in [0.05, 0.1) is 5.84 Å². The molecule has 108 valence electrons. The molecular weight excluding hydrogens is 252 g/mol. The second-order valence-electron chi connectivity index (χ2n) is 5.09. The van der Waals surface area contributed by atoms with Crippen LogP contribution in [0.3, 0.4) is 0 Å². The molecule has 0 unspecified atom stereocenters. The number of para-hydroxylation sites is 1. The Hall–Kier alpha value is -2.04. The van der Waals surface area contributed by atoms with Gasteiger partial charge in [-0.15, -0.1) is 0 Å². The summed E-state index contributed by atoms with van der Waals surface area (Å²) in [4.78, 5) is 16.3. The van der Waals surface area contributed by atoms with Gasteiger partial charge in [-0.2, -0.15) is 0 Å². The molecule has 1 saturated heterocycles. The molecule has 0 aromatic heterocycles. The fourth-order valence-corrected chi connectivity index (χ4v) is 2.43. The highest BCUT2D eigenvalue weighted by Crippen LogP contribution is 2.18. The monoisotopic (exact) mass is 274 g/mol. The molecule has 2 amide bonds. The highest BCUT2D eigenvalue weighted by molar-refractivity contribution is 5.93. The van der Waals surface area contributed by atoms with Crippen LogP contribution in [0, 0.1) is 5.41 Å². The minimum Gasteiger partial charge on any atom is -0.388 e. The van der Waals surface area contributed by atoms with Crippen LogP contribution in [0.15, 0.2) is 30.3 Å². The molecule has 5 heteroatoms. The summed E-state index contributed by atoms with van der Waals surface area (Å²) in [6, 6.07) is 9.62. The molecule has 0 spiro atoms. The number of carbonyl (C=O) groups excluding carboxylic acids is 1. The molecule has 20 heavy (non-hydrogen) atoms. The van der Waals surface area contributed by atoms with Gasteiger partial charge in [-0.1, -0.05) is 18.2 Å². The maximum Gasteiger partial charge on any atom is 0.324 e. The van der Waals surface area contributed by atoms with E-state index in [-0.39, 0.29) is 11.9 Å². The van der Waals surface area contributed by atoms with E-state index >= 15 is 0 Å². The van der Waals surface area contributed by atoms with E-state index in [9.17, 15) is 4.79 Å². The molecule has 1 aromatic rings. The highest BCUT2D eigenvalue weighted by atomic mass is 16.2. The van der Waals surface area contributed by atoms with Crippen molar-refractivity contribution in [1.29, 1.82) is 5.41 Å². The number of piperidine rings is 1. The van der Waals surface area contributed by atoms with Gasteiger partial charge in [0.25, 0.3) is 0 Å². The number of rotatable bonds is 4. The first kappa shape index (κ1) is 14.4. The van der Waals surface area contributed by atoms with Crippen LogP contribution >= 0.6 is 0 Å². The molecule has 2 rings (SSSR count). The smallest absolute Gasteiger partial charge is 0.324 e. The van der Waals surface area contributed by atoms with Crippen molar-refractivity contribution in [3.63, 3.8) is 0 Å². The summed E-state index contributed by atoms with van der Waals surface area (Å²) in [6.45, 7) is 2.10. The Morgan fingerprint density at radius 3 is 2.45 bits per heavy atom. The third kappa shape index (κ3) is 3.73. The van der Waals surface area contributed by atoms with Gasteiger partial charge in [0, 0.05) is 31.7 Å². The Morgan fingerprint density at radius 1 is 1.20 bits per heavy atom. The average molecular weight is 274 g/mol. The molecule has 5 nitrogen and oxygen atoms in total. The summed E-state index contributed by atoms with van der Waals surface area (Å²) in [7, 11) is 0. The Kier molecular flexibility index (Phi) is 4.98. The molecule has 1 aliphatic rings. The van der Waals surface area contributed by atoms with Crippen LogP contribution in [0.25, 0.3) is 0 Å². The van der Waals surface area contributed by atoms with Gasteiger partial charge < -0.3 is 10.6 Å². The molecule has 1 aliphatic heterocycles. The standard InChI is InChI=1S/C15H22N4O/c16-14(17)9-12-19(13-7-3-1-4-8-13)15(20)18-10-5-2-6-11-18/h1,3-4,7-8H,2,5-6,9-12H2,(H3,16,17). The Morgan fingerprint density at radius 2 is 1.85 bits per heavy atom. The first-order valence-electron chi connectivity index (χ1n) is 7.13. The first-order chi connectivity index (χ1) is 9.68. The molecule has 1 fully saturated rings. The number of nitrogens with zero attached hydrogens (tertiary/aromatic N) is 2. The predicted octanol–water partition coefficient (Wildman–Crippen LogP) is 2.42. The fraction of sp³-hybridized carbons (Fsp3) is 0.467. The fourth-order valence-electron chi connectivity index (χ4n) is 2.43. The molecule has 0 radical (unpaired) electrons. The second-order valence-corrected chi connectivity index (χ2v) is 5.09. The molecule has 1 aromatic carbocycles. The van der Waals surface area contributed by atoms with Crippen molar-refractivity contribution < 1.29 is 4.79 Å². The Labute approximate surface area is 119 Å². The Balaban J connectivity index is 2.12. The lowest BCUT2D eigenvalue weighted by atomic mass is 10.1. The topological polar surface area (TPSA) is 73.4 Å². The molecular formula is C15H22N4O. The van der Waals surface area contributed by atoms with E-state index in [2.05, 4.69) is 0 Å². The van der Waals surface area contributed by atoms with Crippen LogP contribution < -0.4 is 10.6 Å². The number of nitrogens with one attached hydrogen (secondary N) is 1. The van der Waals surface area contributed by atoms with Gasteiger partial charge in [0.15, 0.2) is 0 Å². The van der Waals surface area contributed by atoms with Gasteiger partial charge >= 0.3 is 6.03 Å². The lowest BCUT2D eigenvalue weighted by Crippen LogP contribution is -2.46. The van der Waals surface area contributed by atoms with Crippen LogP contribution in [0.1, 0.15) is 25.7 Å². The summed E-state index contributed by atoms with van der Waals surface area (Å²) >= 11 is 0. The third-order valence-electron chi connectivity index (χ3n) is 3.53. The van der Waals surface area contributed by atoms with Crippen molar-refractivity contribution in [2.45, 2.75) is 25.7 Å². The zero-order valence-electron chi connectivity index (χ0n) is 11.7. The van der Waals surface area contributed by atoms with Crippen molar-refractivity contribution in [3.8, 4) is 0 Å². The zero-order valence-corrected chi connectivity index (χ0v) is 11.7. The molecule has 0 saturated carbocycles. The summed E-state index contributed by atoms with van der Waals surface area (Å²) in [5.74, 6) is 0.109. The van der Waals surface area contributed by atoms with Gasteiger partial charge in [-0.3, -0.25) is 10.3 Å². The lowest BCUT2D eigenvalue weighted by molar-refractivity contribution is 0.193. The van der Waals surface area contributed by atoms with E-state index < -0.39 is 0 Å². The maximum atomic E-state index is 12.7. The summed E-state index contributed by atoms with van der Waals surface area (Å²) in [6.07, 6.45) is 3.74. The third-order valence-corrected chi connectivity index (χ3v) is 3.53. The number of hydrogen-bond acceptors (Lipinski definition) is 2.